The summed E-state index contributed by atoms with van der Waals surface area (Å²) in [5.74, 6) is 2.36. The van der Waals surface area contributed by atoms with E-state index < -0.39 is 0 Å². The number of ether oxygens (including phenoxy) is 3. The van der Waals surface area contributed by atoms with Gasteiger partial charge in [0.15, 0.2) is 0 Å². The second-order valence-electron chi connectivity index (χ2n) is 7.78. The van der Waals surface area contributed by atoms with Crippen molar-refractivity contribution in [1.29, 1.82) is 0 Å². The minimum absolute atomic E-state index is 0.233. The van der Waals surface area contributed by atoms with Crippen molar-refractivity contribution in [2.24, 2.45) is 5.92 Å². The van der Waals surface area contributed by atoms with Crippen molar-refractivity contribution >= 4 is 11.6 Å². The molecular formula is C20H34N4O3. The van der Waals surface area contributed by atoms with Crippen molar-refractivity contribution in [3.05, 3.63) is 12.4 Å². The molecule has 0 amide bonds. The molecule has 3 heterocycles. The van der Waals surface area contributed by atoms with E-state index in [1.807, 2.05) is 0 Å². The number of methoxy groups -OCH3 is 1. The van der Waals surface area contributed by atoms with Crippen molar-refractivity contribution in [2.75, 3.05) is 50.2 Å². The number of anilines is 2. The Bertz CT molecular complexity index is 564. The first-order chi connectivity index (χ1) is 13.2. The number of nitrogens with one attached hydrogen (secondary N) is 1. The van der Waals surface area contributed by atoms with Gasteiger partial charge in [-0.3, -0.25) is 0 Å². The van der Waals surface area contributed by atoms with E-state index in [-0.39, 0.29) is 6.10 Å². The van der Waals surface area contributed by atoms with Gasteiger partial charge >= 0.3 is 0 Å². The number of hydrogen-bond donors (Lipinski definition) is 1. The van der Waals surface area contributed by atoms with E-state index >= 15 is 0 Å². The van der Waals surface area contributed by atoms with Crippen LogP contribution in [0.15, 0.2) is 12.4 Å². The number of aromatic nitrogens is 2. The molecule has 152 valence electrons. The second kappa shape index (κ2) is 10.2. The molecule has 1 N–H and O–H groups in total. The van der Waals surface area contributed by atoms with E-state index in [0.717, 1.165) is 57.0 Å². The zero-order chi connectivity index (χ0) is 19.1. The summed E-state index contributed by atoms with van der Waals surface area (Å²) in [5.41, 5.74) is 0. The van der Waals surface area contributed by atoms with E-state index in [1.165, 1.54) is 0 Å². The average molecular weight is 379 g/mol. The lowest BCUT2D eigenvalue weighted by Gasteiger charge is -2.35. The number of rotatable bonds is 8. The molecule has 1 aromatic heterocycles. The zero-order valence-corrected chi connectivity index (χ0v) is 16.9. The van der Waals surface area contributed by atoms with Crippen molar-refractivity contribution in [3.63, 3.8) is 0 Å². The van der Waals surface area contributed by atoms with Crippen LogP contribution in [0.25, 0.3) is 0 Å². The third-order valence-corrected chi connectivity index (χ3v) is 5.42. The number of nitrogens with zero attached hydrogens (tertiary/aromatic N) is 3. The third kappa shape index (κ3) is 5.77. The van der Waals surface area contributed by atoms with Gasteiger partial charge in [-0.1, -0.05) is 13.8 Å². The van der Waals surface area contributed by atoms with Crippen molar-refractivity contribution < 1.29 is 14.2 Å². The largest absolute Gasteiger partial charge is 0.382 e. The molecule has 7 nitrogen and oxygen atoms in total. The Hall–Kier alpha value is -1.44. The molecule has 27 heavy (non-hydrogen) atoms. The van der Waals surface area contributed by atoms with E-state index in [1.54, 1.807) is 13.4 Å². The highest BCUT2D eigenvalue weighted by Crippen LogP contribution is 2.25. The Balaban J connectivity index is 1.55. The van der Waals surface area contributed by atoms with E-state index in [9.17, 15) is 0 Å². The summed E-state index contributed by atoms with van der Waals surface area (Å²) in [6.07, 6.45) is 6.46. The smallest absolute Gasteiger partial charge is 0.134 e. The molecule has 7 heteroatoms. The Morgan fingerprint density at radius 3 is 2.78 bits per heavy atom. The normalized spacial score (nSPS) is 24.4. The van der Waals surface area contributed by atoms with Crippen LogP contribution in [0, 0.1) is 5.92 Å². The number of hydrogen-bond acceptors (Lipinski definition) is 7. The van der Waals surface area contributed by atoms with Crippen LogP contribution in [-0.4, -0.2) is 68.2 Å². The molecular weight excluding hydrogens is 344 g/mol. The topological polar surface area (TPSA) is 68.7 Å². The lowest BCUT2D eigenvalue weighted by Crippen LogP contribution is -2.43. The summed E-state index contributed by atoms with van der Waals surface area (Å²) in [6.45, 7) is 8.53. The Morgan fingerprint density at radius 2 is 2.04 bits per heavy atom. The fourth-order valence-corrected chi connectivity index (χ4v) is 3.95. The summed E-state index contributed by atoms with van der Waals surface area (Å²) >= 11 is 0. The predicted molar refractivity (Wildman–Crippen MR) is 106 cm³/mol. The summed E-state index contributed by atoms with van der Waals surface area (Å²) < 4.78 is 16.9. The van der Waals surface area contributed by atoms with Gasteiger partial charge in [-0.15, -0.1) is 0 Å². The van der Waals surface area contributed by atoms with Gasteiger partial charge < -0.3 is 24.4 Å². The van der Waals surface area contributed by atoms with Gasteiger partial charge in [0, 0.05) is 32.9 Å². The molecule has 2 fully saturated rings. The van der Waals surface area contributed by atoms with Gasteiger partial charge in [0.1, 0.15) is 18.0 Å². The highest BCUT2D eigenvalue weighted by atomic mass is 16.5. The van der Waals surface area contributed by atoms with Crippen molar-refractivity contribution in [3.8, 4) is 0 Å². The van der Waals surface area contributed by atoms with E-state index in [2.05, 4.69) is 40.1 Å². The van der Waals surface area contributed by atoms with Crippen LogP contribution in [0.2, 0.25) is 0 Å². The minimum atomic E-state index is 0.233. The summed E-state index contributed by atoms with van der Waals surface area (Å²) in [6, 6.07) is 2.37. The first-order valence-corrected chi connectivity index (χ1v) is 10.2. The first kappa shape index (κ1) is 20.3. The third-order valence-electron chi connectivity index (χ3n) is 5.42. The van der Waals surface area contributed by atoms with Crippen LogP contribution in [0.5, 0.6) is 0 Å². The molecule has 3 rings (SSSR count). The molecule has 0 saturated carbocycles. The summed E-state index contributed by atoms with van der Waals surface area (Å²) in [5, 5.41) is 3.59. The standard InChI is InChI=1S/C20H34N4O3/c1-15(2)20-17(5-4-10-27-20)23-18-13-19(22-14-21-18)24-8-6-16(7-9-24)26-12-11-25-3/h13-17,20H,4-12H2,1-3H3,(H,21,22,23)/t17-,20+/m1/s1. The van der Waals surface area contributed by atoms with Gasteiger partial charge in [-0.2, -0.15) is 0 Å². The second-order valence-corrected chi connectivity index (χ2v) is 7.78. The van der Waals surface area contributed by atoms with Crippen molar-refractivity contribution in [1.82, 2.24) is 9.97 Å². The van der Waals surface area contributed by atoms with Crippen LogP contribution in [0.4, 0.5) is 11.6 Å². The lowest BCUT2D eigenvalue weighted by molar-refractivity contribution is -0.0203. The molecule has 0 spiro atoms. The maximum Gasteiger partial charge on any atom is 0.134 e. The van der Waals surface area contributed by atoms with Crippen LogP contribution in [-0.2, 0) is 14.2 Å². The molecule has 0 aliphatic carbocycles. The molecule has 0 radical (unpaired) electrons. The highest BCUT2D eigenvalue weighted by Gasteiger charge is 2.29. The molecule has 0 bridgehead atoms. The molecule has 2 atom stereocenters. The highest BCUT2D eigenvalue weighted by molar-refractivity contribution is 5.49. The maximum absolute atomic E-state index is 5.98. The first-order valence-electron chi connectivity index (χ1n) is 10.2. The lowest BCUT2D eigenvalue weighted by atomic mass is 9.93. The van der Waals surface area contributed by atoms with Crippen LogP contribution in [0.1, 0.15) is 39.5 Å². The van der Waals surface area contributed by atoms with Gasteiger partial charge in [-0.05, 0) is 31.6 Å². The quantitative estimate of drug-likeness (QED) is 0.698. The van der Waals surface area contributed by atoms with Gasteiger partial charge in [-0.25, -0.2) is 9.97 Å². The summed E-state index contributed by atoms with van der Waals surface area (Å²) in [4.78, 5) is 11.3. The van der Waals surface area contributed by atoms with E-state index in [0.29, 0.717) is 31.3 Å². The van der Waals surface area contributed by atoms with Crippen molar-refractivity contribution in [2.45, 2.75) is 57.8 Å². The molecule has 2 saturated heterocycles. The van der Waals surface area contributed by atoms with Gasteiger partial charge in [0.25, 0.3) is 0 Å². The zero-order valence-electron chi connectivity index (χ0n) is 16.9. The number of piperidine rings is 1. The fourth-order valence-electron chi connectivity index (χ4n) is 3.95. The molecule has 0 aromatic carbocycles. The Morgan fingerprint density at radius 1 is 1.22 bits per heavy atom. The van der Waals surface area contributed by atoms with Gasteiger partial charge in [0.05, 0.1) is 31.5 Å². The maximum atomic E-state index is 5.98. The summed E-state index contributed by atoms with van der Waals surface area (Å²) in [7, 11) is 1.70. The molecule has 1 aromatic rings. The average Bonchev–Trinajstić information content (AvgIpc) is 2.69. The monoisotopic (exact) mass is 378 g/mol. The van der Waals surface area contributed by atoms with Gasteiger partial charge in [0.2, 0.25) is 0 Å². The molecule has 2 aliphatic rings. The minimum Gasteiger partial charge on any atom is -0.382 e. The Labute approximate surface area is 162 Å². The Kier molecular flexibility index (Phi) is 7.67. The fraction of sp³-hybridized carbons (Fsp3) is 0.800. The predicted octanol–water partition coefficient (Wildman–Crippen LogP) is 2.72. The molecule has 2 aliphatic heterocycles. The van der Waals surface area contributed by atoms with E-state index in [4.69, 9.17) is 14.2 Å². The van der Waals surface area contributed by atoms with Crippen LogP contribution >= 0.6 is 0 Å². The SMILES string of the molecule is COCCOC1CCN(c2cc(N[C@@H]3CCCO[C@H]3C(C)C)ncn2)CC1. The molecule has 0 unspecified atom stereocenters. The van der Waals surface area contributed by atoms with Crippen LogP contribution in [0.3, 0.4) is 0 Å². The van der Waals surface area contributed by atoms with Crippen LogP contribution < -0.4 is 10.2 Å².